The van der Waals surface area contributed by atoms with Crippen molar-refractivity contribution in [2.24, 2.45) is 0 Å². The summed E-state index contributed by atoms with van der Waals surface area (Å²) < 4.78 is 41.7. The fourth-order valence-corrected chi connectivity index (χ4v) is 5.68. The number of likely N-dealkylation sites (N-methyl/N-ethyl adjacent to an activating group) is 1. The van der Waals surface area contributed by atoms with Gasteiger partial charge in [0.15, 0.2) is 0 Å². The molecule has 2 aliphatic rings. The molecule has 0 spiro atoms. The van der Waals surface area contributed by atoms with Crippen molar-refractivity contribution in [3.63, 3.8) is 0 Å². The number of nitrogens with zero attached hydrogens (tertiary/aromatic N) is 4. The molecular weight excluding hydrogens is 375 g/mol. The summed E-state index contributed by atoms with van der Waals surface area (Å²) in [5.74, 6) is 0.698. The van der Waals surface area contributed by atoms with Crippen LogP contribution in [0.1, 0.15) is 0 Å². The third-order valence-electron chi connectivity index (χ3n) is 4.94. The van der Waals surface area contributed by atoms with Crippen LogP contribution < -0.4 is 0 Å². The number of thioether (sulfide) groups is 1. The summed E-state index contributed by atoms with van der Waals surface area (Å²) >= 11 is 1.70. The van der Waals surface area contributed by atoms with Gasteiger partial charge in [-0.2, -0.15) is 17.0 Å². The Kier molecular flexibility index (Phi) is 6.92. The molecule has 2 fully saturated rings. The van der Waals surface area contributed by atoms with Crippen LogP contribution in [0.15, 0.2) is 29.2 Å². The molecule has 0 radical (unpaired) electrons. The average molecular weight is 403 g/mol. The van der Waals surface area contributed by atoms with E-state index in [1.807, 2.05) is 7.05 Å². The minimum absolute atomic E-state index is 0.216. The first-order valence-electron chi connectivity index (χ1n) is 8.99. The minimum atomic E-state index is -3.33. The van der Waals surface area contributed by atoms with Crippen LogP contribution in [0.25, 0.3) is 0 Å². The van der Waals surface area contributed by atoms with Gasteiger partial charge in [-0.25, -0.2) is 4.39 Å². The van der Waals surface area contributed by atoms with Crippen LogP contribution in [0.5, 0.6) is 0 Å². The Morgan fingerprint density at radius 2 is 1.46 bits per heavy atom. The molecule has 26 heavy (non-hydrogen) atoms. The van der Waals surface area contributed by atoms with Crippen molar-refractivity contribution in [3.05, 3.63) is 30.1 Å². The molecule has 0 amide bonds. The molecule has 0 aliphatic carbocycles. The van der Waals surface area contributed by atoms with Crippen LogP contribution >= 0.6 is 11.8 Å². The third-order valence-corrected chi connectivity index (χ3v) is 7.96. The molecule has 0 unspecified atom stereocenters. The maximum atomic E-state index is 12.9. The molecule has 0 saturated carbocycles. The van der Waals surface area contributed by atoms with E-state index in [0.29, 0.717) is 26.2 Å². The van der Waals surface area contributed by atoms with E-state index in [9.17, 15) is 12.8 Å². The van der Waals surface area contributed by atoms with Gasteiger partial charge in [0.05, 0.1) is 0 Å². The summed E-state index contributed by atoms with van der Waals surface area (Å²) in [6, 6.07) is 6.54. The summed E-state index contributed by atoms with van der Waals surface area (Å²) in [4.78, 5) is 5.51. The highest BCUT2D eigenvalue weighted by atomic mass is 32.2. The fraction of sp³-hybridized carbons (Fsp3) is 0.647. The second-order valence-electron chi connectivity index (χ2n) is 6.75. The first-order valence-corrected chi connectivity index (χ1v) is 11.4. The molecular formula is C17H27FN4O2S2. The fourth-order valence-electron chi connectivity index (χ4n) is 3.19. The predicted octanol–water partition coefficient (Wildman–Crippen LogP) is 1.03. The molecule has 9 heteroatoms. The molecule has 2 heterocycles. The van der Waals surface area contributed by atoms with Crippen LogP contribution in [-0.2, 0) is 10.2 Å². The maximum absolute atomic E-state index is 12.9. The lowest BCUT2D eigenvalue weighted by atomic mass is 10.3. The van der Waals surface area contributed by atoms with E-state index in [1.54, 1.807) is 32.5 Å². The molecule has 0 N–H and O–H groups in total. The van der Waals surface area contributed by atoms with E-state index in [0.717, 1.165) is 43.4 Å². The highest BCUT2D eigenvalue weighted by molar-refractivity contribution is 7.99. The predicted molar refractivity (Wildman–Crippen MR) is 103 cm³/mol. The topological polar surface area (TPSA) is 47.1 Å². The molecule has 146 valence electrons. The van der Waals surface area contributed by atoms with Crippen molar-refractivity contribution in [1.82, 2.24) is 18.4 Å². The van der Waals surface area contributed by atoms with Gasteiger partial charge in [-0.05, 0) is 31.3 Å². The molecule has 0 bridgehead atoms. The summed E-state index contributed by atoms with van der Waals surface area (Å²) in [5, 5.41) is 0. The van der Waals surface area contributed by atoms with E-state index >= 15 is 0 Å². The summed E-state index contributed by atoms with van der Waals surface area (Å²) in [7, 11) is -1.31. The summed E-state index contributed by atoms with van der Waals surface area (Å²) in [6.45, 7) is 6.27. The zero-order chi connectivity index (χ0) is 18.6. The van der Waals surface area contributed by atoms with Gasteiger partial charge >= 0.3 is 0 Å². The van der Waals surface area contributed by atoms with E-state index in [-0.39, 0.29) is 5.82 Å². The Morgan fingerprint density at radius 3 is 2.04 bits per heavy atom. The number of hydrogen-bond acceptors (Lipinski definition) is 5. The van der Waals surface area contributed by atoms with Crippen LogP contribution in [-0.4, -0.2) is 98.5 Å². The van der Waals surface area contributed by atoms with Gasteiger partial charge in [-0.15, -0.1) is 11.8 Å². The summed E-state index contributed by atoms with van der Waals surface area (Å²) in [5.41, 5.74) is 0. The quantitative estimate of drug-likeness (QED) is 0.665. The highest BCUT2D eigenvalue weighted by Gasteiger charge is 2.33. The van der Waals surface area contributed by atoms with Gasteiger partial charge in [0, 0.05) is 69.6 Å². The number of benzene rings is 1. The van der Waals surface area contributed by atoms with Gasteiger partial charge in [0.2, 0.25) is 0 Å². The van der Waals surface area contributed by atoms with Crippen LogP contribution in [0.3, 0.4) is 0 Å². The van der Waals surface area contributed by atoms with Crippen LogP contribution in [0.2, 0.25) is 0 Å². The molecule has 2 saturated heterocycles. The lowest BCUT2D eigenvalue weighted by molar-refractivity contribution is 0.175. The Labute approximate surface area is 160 Å². The number of hydrogen-bond donors (Lipinski definition) is 0. The Hall–Kier alpha value is -0.710. The molecule has 2 aliphatic heterocycles. The van der Waals surface area contributed by atoms with E-state index in [1.165, 1.54) is 12.1 Å². The number of halogens is 1. The molecule has 3 rings (SSSR count). The van der Waals surface area contributed by atoms with Crippen molar-refractivity contribution in [2.75, 3.05) is 71.7 Å². The zero-order valence-electron chi connectivity index (χ0n) is 15.2. The van der Waals surface area contributed by atoms with Gasteiger partial charge in [-0.1, -0.05) is 0 Å². The van der Waals surface area contributed by atoms with Crippen LogP contribution in [0, 0.1) is 5.82 Å². The largest absolute Gasteiger partial charge is 0.304 e. The summed E-state index contributed by atoms with van der Waals surface area (Å²) in [6.07, 6.45) is 0. The highest BCUT2D eigenvalue weighted by Crippen LogP contribution is 2.19. The maximum Gasteiger partial charge on any atom is 0.282 e. The van der Waals surface area contributed by atoms with Crippen LogP contribution in [0.4, 0.5) is 4.39 Å². The average Bonchev–Trinajstić information content (AvgIpc) is 2.64. The monoisotopic (exact) mass is 402 g/mol. The first-order chi connectivity index (χ1) is 12.4. The van der Waals surface area contributed by atoms with Gasteiger partial charge in [0.1, 0.15) is 5.82 Å². The van der Waals surface area contributed by atoms with E-state index < -0.39 is 10.2 Å². The standard InChI is InChI=1S/C17H27FN4O2S2/c1-19-6-10-21(11-7-19)26(23,24)22-12-8-20(9-13-22)14-15-25-17-4-2-16(18)3-5-17/h2-5H,6-15H2,1H3. The second-order valence-corrected chi connectivity index (χ2v) is 9.85. The lowest BCUT2D eigenvalue weighted by Crippen LogP contribution is -2.56. The van der Waals surface area contributed by atoms with Gasteiger partial charge in [0.25, 0.3) is 10.2 Å². The molecule has 6 nitrogen and oxygen atoms in total. The molecule has 1 aromatic rings. The molecule has 0 atom stereocenters. The second kappa shape index (κ2) is 8.99. The van der Waals surface area contributed by atoms with Crippen molar-refractivity contribution in [2.45, 2.75) is 4.90 Å². The lowest BCUT2D eigenvalue weighted by Gasteiger charge is -2.39. The SMILES string of the molecule is CN1CCN(S(=O)(=O)N2CCN(CCSc3ccc(F)cc3)CC2)CC1. The Morgan fingerprint density at radius 1 is 0.923 bits per heavy atom. The minimum Gasteiger partial charge on any atom is -0.304 e. The zero-order valence-corrected chi connectivity index (χ0v) is 16.8. The Balaban J connectivity index is 1.41. The number of rotatable bonds is 6. The van der Waals surface area contributed by atoms with Gasteiger partial charge < -0.3 is 4.90 Å². The molecule has 0 aromatic heterocycles. The smallest absolute Gasteiger partial charge is 0.282 e. The number of piperazine rings is 2. The van der Waals surface area contributed by atoms with Gasteiger partial charge in [-0.3, -0.25) is 4.90 Å². The van der Waals surface area contributed by atoms with Crippen molar-refractivity contribution in [3.8, 4) is 0 Å². The first kappa shape index (κ1) is 20.0. The Bertz CT molecular complexity index is 671. The normalized spacial score (nSPS) is 21.9. The van der Waals surface area contributed by atoms with E-state index in [2.05, 4.69) is 9.80 Å². The van der Waals surface area contributed by atoms with Crippen molar-refractivity contribution >= 4 is 22.0 Å². The third kappa shape index (κ3) is 5.17. The molecule has 1 aromatic carbocycles. The van der Waals surface area contributed by atoms with Crippen molar-refractivity contribution < 1.29 is 12.8 Å². The van der Waals surface area contributed by atoms with E-state index in [4.69, 9.17) is 0 Å². The van der Waals surface area contributed by atoms with Crippen molar-refractivity contribution in [1.29, 1.82) is 0 Å².